The van der Waals surface area contributed by atoms with Crippen LogP contribution in [-0.2, 0) is 15.7 Å². The van der Waals surface area contributed by atoms with Crippen molar-refractivity contribution in [1.29, 1.82) is 0 Å². The molecule has 0 radical (unpaired) electrons. The first-order valence-corrected chi connectivity index (χ1v) is 9.58. The number of hydrogen-bond donors (Lipinski definition) is 2. The van der Waals surface area contributed by atoms with E-state index in [2.05, 4.69) is 26.1 Å². The van der Waals surface area contributed by atoms with Gasteiger partial charge in [-0.05, 0) is 55.9 Å². The van der Waals surface area contributed by atoms with Crippen LogP contribution < -0.4 is 5.32 Å². The highest BCUT2D eigenvalue weighted by Crippen LogP contribution is 2.65. The van der Waals surface area contributed by atoms with Crippen molar-refractivity contribution in [2.45, 2.75) is 64.6 Å². The average molecular weight is 357 g/mol. The molecule has 0 spiro atoms. The third kappa shape index (κ3) is 2.74. The van der Waals surface area contributed by atoms with Gasteiger partial charge in [-0.3, -0.25) is 0 Å². The van der Waals surface area contributed by atoms with Crippen LogP contribution in [0.4, 0.5) is 4.79 Å². The van der Waals surface area contributed by atoms with Crippen LogP contribution in [-0.4, -0.2) is 36.0 Å². The standard InChI is InChI=1S/C20H28BNO4/c1-12-5-7-13(8-6-12)9-17(22-18(23)24)21-25-16-11-14-10-15(19(14,2)3)20(16,4)26-21/h5-8,14-17,22H,9-11H2,1-4H3,(H,23,24)/t14-,15-,16+,17?,20-/m0/s1. The number of carboxylic acid groups (broad SMARTS) is 1. The molecule has 140 valence electrons. The number of amides is 1. The van der Waals surface area contributed by atoms with E-state index >= 15 is 0 Å². The van der Waals surface area contributed by atoms with E-state index in [0.717, 1.165) is 12.0 Å². The lowest BCUT2D eigenvalue weighted by atomic mass is 9.43. The molecule has 0 aromatic heterocycles. The van der Waals surface area contributed by atoms with E-state index in [1.165, 1.54) is 12.0 Å². The molecule has 1 unspecified atom stereocenters. The van der Waals surface area contributed by atoms with Crippen molar-refractivity contribution < 1.29 is 19.2 Å². The molecule has 1 heterocycles. The summed E-state index contributed by atoms with van der Waals surface area (Å²) in [5, 5.41) is 11.9. The summed E-state index contributed by atoms with van der Waals surface area (Å²) in [7, 11) is -0.544. The number of rotatable bonds is 4. The molecule has 1 amide bonds. The number of hydrogen-bond acceptors (Lipinski definition) is 3. The second-order valence-corrected chi connectivity index (χ2v) is 9.08. The van der Waals surface area contributed by atoms with Gasteiger partial charge in [0.15, 0.2) is 0 Å². The van der Waals surface area contributed by atoms with Gasteiger partial charge in [-0.25, -0.2) is 4.79 Å². The van der Waals surface area contributed by atoms with Gasteiger partial charge in [0.05, 0.1) is 17.6 Å². The van der Waals surface area contributed by atoms with Gasteiger partial charge in [0.25, 0.3) is 0 Å². The molecule has 5 rings (SSSR count). The van der Waals surface area contributed by atoms with Crippen LogP contribution in [0.15, 0.2) is 24.3 Å². The number of aryl methyl sites for hydroxylation is 1. The van der Waals surface area contributed by atoms with Crippen molar-refractivity contribution in [1.82, 2.24) is 5.32 Å². The summed E-state index contributed by atoms with van der Waals surface area (Å²) in [5.74, 6) is 0.724. The predicted molar refractivity (Wildman–Crippen MR) is 99.9 cm³/mol. The molecule has 5 nitrogen and oxygen atoms in total. The lowest BCUT2D eigenvalue weighted by Crippen LogP contribution is -2.65. The summed E-state index contributed by atoms with van der Waals surface area (Å²) in [5.41, 5.74) is 2.21. The molecule has 3 aliphatic carbocycles. The van der Waals surface area contributed by atoms with Gasteiger partial charge in [0, 0.05) is 0 Å². The van der Waals surface area contributed by atoms with E-state index in [0.29, 0.717) is 18.3 Å². The zero-order valence-electron chi connectivity index (χ0n) is 16.0. The summed E-state index contributed by atoms with van der Waals surface area (Å²) < 4.78 is 12.7. The molecule has 4 fully saturated rings. The van der Waals surface area contributed by atoms with Gasteiger partial charge in [-0.1, -0.05) is 43.7 Å². The molecule has 2 bridgehead atoms. The minimum absolute atomic E-state index is 0.0559. The fourth-order valence-corrected chi connectivity index (χ4v) is 5.42. The molecule has 2 N–H and O–H groups in total. The molecule has 3 saturated carbocycles. The lowest BCUT2D eigenvalue weighted by molar-refractivity contribution is -0.199. The monoisotopic (exact) mass is 357 g/mol. The van der Waals surface area contributed by atoms with Crippen LogP contribution >= 0.6 is 0 Å². The molecule has 1 aromatic rings. The molecule has 6 heteroatoms. The second-order valence-electron chi connectivity index (χ2n) is 9.08. The predicted octanol–water partition coefficient (Wildman–Crippen LogP) is 3.44. The zero-order chi connectivity index (χ0) is 18.7. The molecule has 1 aliphatic heterocycles. The first-order chi connectivity index (χ1) is 12.2. The highest BCUT2D eigenvalue weighted by atomic mass is 16.7. The minimum atomic E-state index is -1.04. The summed E-state index contributed by atoms with van der Waals surface area (Å²) in [6.07, 6.45) is 1.75. The summed E-state index contributed by atoms with van der Waals surface area (Å²) >= 11 is 0. The topological polar surface area (TPSA) is 67.8 Å². The third-order valence-electron chi connectivity index (χ3n) is 7.18. The highest BCUT2D eigenvalue weighted by Gasteiger charge is 2.68. The fraction of sp³-hybridized carbons (Fsp3) is 0.650. The van der Waals surface area contributed by atoms with E-state index in [4.69, 9.17) is 9.31 Å². The first kappa shape index (κ1) is 17.9. The Kier molecular flexibility index (Phi) is 4.12. The Labute approximate surface area is 155 Å². The van der Waals surface area contributed by atoms with Crippen molar-refractivity contribution in [2.24, 2.45) is 17.3 Å². The Morgan fingerprint density at radius 1 is 1.31 bits per heavy atom. The highest BCUT2D eigenvalue weighted by molar-refractivity contribution is 6.47. The summed E-state index contributed by atoms with van der Waals surface area (Å²) in [6, 6.07) is 8.16. The van der Waals surface area contributed by atoms with Gasteiger partial charge in [-0.2, -0.15) is 0 Å². The normalized spacial score (nSPS) is 35.4. The third-order valence-corrected chi connectivity index (χ3v) is 7.18. The largest absolute Gasteiger partial charge is 0.482 e. The van der Waals surface area contributed by atoms with Crippen molar-refractivity contribution >= 4 is 13.2 Å². The Morgan fingerprint density at radius 2 is 2.00 bits per heavy atom. The Morgan fingerprint density at radius 3 is 2.62 bits per heavy atom. The van der Waals surface area contributed by atoms with Crippen molar-refractivity contribution in [2.75, 3.05) is 0 Å². The fourth-order valence-electron chi connectivity index (χ4n) is 5.42. The SMILES string of the molecule is Cc1ccc(CC(NC(=O)O)B2O[C@@H]3C[C@@H]4C[C@@H](C4(C)C)[C@]3(C)O2)cc1. The van der Waals surface area contributed by atoms with Crippen LogP contribution in [0.25, 0.3) is 0 Å². The van der Waals surface area contributed by atoms with Gasteiger partial charge < -0.3 is 19.7 Å². The van der Waals surface area contributed by atoms with E-state index in [-0.39, 0.29) is 17.1 Å². The summed E-state index contributed by atoms with van der Waals surface area (Å²) in [4.78, 5) is 11.4. The van der Waals surface area contributed by atoms with Crippen LogP contribution in [0.2, 0.25) is 0 Å². The quantitative estimate of drug-likeness (QED) is 0.810. The maximum atomic E-state index is 11.4. The second kappa shape index (κ2) is 5.99. The molecule has 5 atom stereocenters. The minimum Gasteiger partial charge on any atom is -0.465 e. The molecular weight excluding hydrogens is 329 g/mol. The van der Waals surface area contributed by atoms with Gasteiger partial charge >= 0.3 is 13.2 Å². The van der Waals surface area contributed by atoms with Crippen molar-refractivity contribution in [3.63, 3.8) is 0 Å². The van der Waals surface area contributed by atoms with Gasteiger partial charge in [0.2, 0.25) is 0 Å². The van der Waals surface area contributed by atoms with Crippen LogP contribution in [0.3, 0.4) is 0 Å². The molecule has 1 saturated heterocycles. The van der Waals surface area contributed by atoms with Gasteiger partial charge in [-0.15, -0.1) is 0 Å². The maximum absolute atomic E-state index is 11.4. The van der Waals surface area contributed by atoms with E-state index in [1.54, 1.807) is 0 Å². The Balaban J connectivity index is 1.54. The van der Waals surface area contributed by atoms with Crippen molar-refractivity contribution in [3.05, 3.63) is 35.4 Å². The molecular formula is C20H28BNO4. The smallest absolute Gasteiger partial charge is 0.465 e. The lowest BCUT2D eigenvalue weighted by Gasteiger charge is -2.64. The zero-order valence-corrected chi connectivity index (χ0v) is 16.0. The van der Waals surface area contributed by atoms with E-state index in [1.807, 2.05) is 31.2 Å². The van der Waals surface area contributed by atoms with Crippen LogP contribution in [0.1, 0.15) is 44.7 Å². The van der Waals surface area contributed by atoms with Crippen LogP contribution in [0, 0.1) is 24.2 Å². The Bertz CT molecular complexity index is 706. The molecule has 26 heavy (non-hydrogen) atoms. The summed E-state index contributed by atoms with van der Waals surface area (Å²) in [6.45, 7) is 8.84. The molecule has 4 aliphatic rings. The van der Waals surface area contributed by atoms with E-state index < -0.39 is 19.2 Å². The van der Waals surface area contributed by atoms with Crippen molar-refractivity contribution in [3.8, 4) is 0 Å². The number of benzene rings is 1. The van der Waals surface area contributed by atoms with Crippen LogP contribution in [0.5, 0.6) is 0 Å². The maximum Gasteiger partial charge on any atom is 0.482 e. The Hall–Kier alpha value is -1.53. The van der Waals surface area contributed by atoms with E-state index in [9.17, 15) is 9.90 Å². The number of carbonyl (C=O) groups is 1. The number of nitrogens with one attached hydrogen (secondary N) is 1. The molecule has 1 aromatic carbocycles. The first-order valence-electron chi connectivity index (χ1n) is 9.58. The average Bonchev–Trinajstić information content (AvgIpc) is 2.92. The van der Waals surface area contributed by atoms with Gasteiger partial charge in [0.1, 0.15) is 0 Å².